The number of nitrogens with zero attached hydrogens (tertiary/aromatic N) is 1. The van der Waals surface area contributed by atoms with Gasteiger partial charge in [-0.1, -0.05) is 0 Å². The summed E-state index contributed by atoms with van der Waals surface area (Å²) in [5, 5.41) is 9.26. The number of ether oxygens (including phenoxy) is 1. The molecule has 4 nitrogen and oxygen atoms in total. The Hall–Kier alpha value is -2.33. The SMILES string of the molecule is C[N+](C)(C)CCOc1ccc(C(=O)c2ccc(O)cc2)cc1. The van der Waals surface area contributed by atoms with Crippen LogP contribution in [0.1, 0.15) is 15.9 Å². The summed E-state index contributed by atoms with van der Waals surface area (Å²) in [4.78, 5) is 12.3. The maximum absolute atomic E-state index is 12.3. The third-order valence-corrected chi connectivity index (χ3v) is 3.28. The summed E-state index contributed by atoms with van der Waals surface area (Å²) in [7, 11) is 6.34. The van der Waals surface area contributed by atoms with Crippen molar-refractivity contribution in [1.29, 1.82) is 0 Å². The van der Waals surface area contributed by atoms with Crippen LogP contribution < -0.4 is 4.74 Å². The fraction of sp³-hybridized carbons (Fsp3) is 0.278. The summed E-state index contributed by atoms with van der Waals surface area (Å²) >= 11 is 0. The molecule has 0 fully saturated rings. The Morgan fingerprint density at radius 3 is 1.95 bits per heavy atom. The number of likely N-dealkylation sites (N-methyl/N-ethyl adjacent to an activating group) is 1. The summed E-state index contributed by atoms with van der Waals surface area (Å²) in [5.74, 6) is 0.839. The lowest BCUT2D eigenvalue weighted by molar-refractivity contribution is -0.870. The fourth-order valence-electron chi connectivity index (χ4n) is 1.92. The van der Waals surface area contributed by atoms with Crippen molar-refractivity contribution in [2.24, 2.45) is 0 Å². The third-order valence-electron chi connectivity index (χ3n) is 3.28. The van der Waals surface area contributed by atoms with Crippen LogP contribution in [0, 0.1) is 0 Å². The van der Waals surface area contributed by atoms with Gasteiger partial charge in [0.2, 0.25) is 0 Å². The van der Waals surface area contributed by atoms with Crippen LogP contribution in [0.5, 0.6) is 11.5 Å². The first-order chi connectivity index (χ1) is 10.3. The quantitative estimate of drug-likeness (QED) is 0.659. The van der Waals surface area contributed by atoms with Crippen molar-refractivity contribution in [3.8, 4) is 11.5 Å². The first kappa shape index (κ1) is 16.0. The minimum absolute atomic E-state index is 0.0714. The van der Waals surface area contributed by atoms with Crippen LogP contribution in [0.3, 0.4) is 0 Å². The Labute approximate surface area is 131 Å². The normalized spacial score (nSPS) is 11.2. The van der Waals surface area contributed by atoms with Gasteiger partial charge >= 0.3 is 0 Å². The van der Waals surface area contributed by atoms with E-state index in [2.05, 4.69) is 21.1 Å². The minimum Gasteiger partial charge on any atom is -0.508 e. The van der Waals surface area contributed by atoms with Gasteiger partial charge in [0, 0.05) is 11.1 Å². The van der Waals surface area contributed by atoms with Crippen LogP contribution >= 0.6 is 0 Å². The van der Waals surface area contributed by atoms with Gasteiger partial charge in [-0.25, -0.2) is 0 Å². The van der Waals surface area contributed by atoms with Crippen LogP contribution in [0.25, 0.3) is 0 Å². The number of quaternary nitrogens is 1. The maximum atomic E-state index is 12.3. The van der Waals surface area contributed by atoms with E-state index in [4.69, 9.17) is 4.74 Å². The molecular formula is C18H22NO3+. The van der Waals surface area contributed by atoms with Gasteiger partial charge in [-0.15, -0.1) is 0 Å². The molecule has 0 spiro atoms. The smallest absolute Gasteiger partial charge is 0.193 e. The highest BCUT2D eigenvalue weighted by atomic mass is 16.5. The summed E-state index contributed by atoms with van der Waals surface area (Å²) < 4.78 is 6.52. The summed E-state index contributed by atoms with van der Waals surface area (Å²) in [6.45, 7) is 1.54. The van der Waals surface area contributed by atoms with Crippen molar-refractivity contribution in [1.82, 2.24) is 0 Å². The van der Waals surface area contributed by atoms with Gasteiger partial charge < -0.3 is 14.3 Å². The molecule has 1 N–H and O–H groups in total. The second kappa shape index (κ2) is 6.62. The van der Waals surface area contributed by atoms with E-state index in [-0.39, 0.29) is 11.5 Å². The highest BCUT2D eigenvalue weighted by molar-refractivity contribution is 6.09. The summed E-state index contributed by atoms with van der Waals surface area (Å²) in [6.07, 6.45) is 0. The molecule has 0 bridgehead atoms. The van der Waals surface area contributed by atoms with Crippen molar-refractivity contribution in [2.75, 3.05) is 34.3 Å². The molecule has 2 rings (SSSR count). The lowest BCUT2D eigenvalue weighted by Gasteiger charge is -2.23. The zero-order chi connectivity index (χ0) is 16.2. The molecule has 0 saturated carbocycles. The minimum atomic E-state index is -0.0714. The molecule has 0 aliphatic rings. The first-order valence-corrected chi connectivity index (χ1v) is 7.22. The number of phenolic OH excluding ortho intramolecular Hbond substituents is 1. The van der Waals surface area contributed by atoms with Gasteiger partial charge in [0.15, 0.2) is 5.78 Å². The van der Waals surface area contributed by atoms with Crippen LogP contribution in [0.4, 0.5) is 0 Å². The number of benzene rings is 2. The summed E-state index contributed by atoms with van der Waals surface area (Å²) in [5.41, 5.74) is 1.15. The molecule has 22 heavy (non-hydrogen) atoms. The van der Waals surface area contributed by atoms with Crippen molar-refractivity contribution in [3.05, 3.63) is 59.7 Å². The highest BCUT2D eigenvalue weighted by Crippen LogP contribution is 2.17. The van der Waals surface area contributed by atoms with Crippen LogP contribution in [-0.4, -0.2) is 49.7 Å². The van der Waals surface area contributed by atoms with Gasteiger partial charge in [0.25, 0.3) is 0 Å². The number of carbonyl (C=O) groups excluding carboxylic acids is 1. The second-order valence-corrected chi connectivity index (χ2v) is 6.26. The number of rotatable bonds is 6. The van der Waals surface area contributed by atoms with E-state index in [0.717, 1.165) is 16.8 Å². The molecule has 116 valence electrons. The molecule has 0 heterocycles. The molecule has 0 aromatic heterocycles. The Bertz CT molecular complexity index is 625. The van der Waals surface area contributed by atoms with Crippen LogP contribution in [0.2, 0.25) is 0 Å². The van der Waals surface area contributed by atoms with Gasteiger partial charge in [0.05, 0.1) is 21.1 Å². The molecular weight excluding hydrogens is 278 g/mol. The predicted octanol–water partition coefficient (Wildman–Crippen LogP) is 2.71. The predicted molar refractivity (Wildman–Crippen MR) is 86.4 cm³/mol. The van der Waals surface area contributed by atoms with E-state index in [1.807, 2.05) is 12.1 Å². The number of ketones is 1. The van der Waals surface area contributed by atoms with Gasteiger partial charge in [-0.3, -0.25) is 4.79 Å². The van der Waals surface area contributed by atoms with E-state index >= 15 is 0 Å². The molecule has 0 unspecified atom stereocenters. The van der Waals surface area contributed by atoms with Crippen LogP contribution in [-0.2, 0) is 0 Å². The van der Waals surface area contributed by atoms with Crippen molar-refractivity contribution in [2.45, 2.75) is 0 Å². The average Bonchev–Trinajstić information content (AvgIpc) is 2.47. The molecule has 2 aromatic carbocycles. The number of carbonyl (C=O) groups is 1. The molecule has 0 aliphatic heterocycles. The number of hydrogen-bond donors (Lipinski definition) is 1. The Morgan fingerprint density at radius 1 is 0.955 bits per heavy atom. The second-order valence-electron chi connectivity index (χ2n) is 6.26. The first-order valence-electron chi connectivity index (χ1n) is 7.22. The number of aromatic hydroxyl groups is 1. The summed E-state index contributed by atoms with van der Waals surface area (Å²) in [6, 6.07) is 13.4. The van der Waals surface area contributed by atoms with Crippen molar-refractivity contribution in [3.63, 3.8) is 0 Å². The largest absolute Gasteiger partial charge is 0.508 e. The third kappa shape index (κ3) is 4.60. The van der Waals surface area contributed by atoms with Gasteiger partial charge in [-0.2, -0.15) is 0 Å². The molecule has 0 amide bonds. The molecule has 0 radical (unpaired) electrons. The van der Waals surface area contributed by atoms with Crippen molar-refractivity contribution >= 4 is 5.78 Å². The number of hydrogen-bond acceptors (Lipinski definition) is 3. The molecule has 2 aromatic rings. The van der Waals surface area contributed by atoms with Gasteiger partial charge in [-0.05, 0) is 48.5 Å². The fourth-order valence-corrected chi connectivity index (χ4v) is 1.92. The molecule has 0 aliphatic carbocycles. The van der Waals surface area contributed by atoms with Crippen molar-refractivity contribution < 1.29 is 19.1 Å². The van der Waals surface area contributed by atoms with E-state index < -0.39 is 0 Å². The number of phenols is 1. The lowest BCUT2D eigenvalue weighted by atomic mass is 10.0. The monoisotopic (exact) mass is 300 g/mol. The lowest BCUT2D eigenvalue weighted by Crippen LogP contribution is -2.38. The van der Waals surface area contributed by atoms with E-state index in [1.54, 1.807) is 24.3 Å². The average molecular weight is 300 g/mol. The topological polar surface area (TPSA) is 46.5 Å². The zero-order valence-corrected chi connectivity index (χ0v) is 13.2. The standard InChI is InChI=1S/C18H21NO3/c1-19(2,3)12-13-22-17-10-6-15(7-11-17)18(21)14-4-8-16(20)9-5-14/h4-11H,12-13H2,1-3H3/p+1. The van der Waals surface area contributed by atoms with E-state index in [0.29, 0.717) is 17.7 Å². The highest BCUT2D eigenvalue weighted by Gasteiger charge is 2.10. The molecule has 4 heteroatoms. The zero-order valence-electron chi connectivity index (χ0n) is 13.2. The molecule has 0 atom stereocenters. The Kier molecular flexibility index (Phi) is 4.83. The van der Waals surface area contributed by atoms with Crippen LogP contribution in [0.15, 0.2) is 48.5 Å². The van der Waals surface area contributed by atoms with Gasteiger partial charge in [0.1, 0.15) is 24.7 Å². The van der Waals surface area contributed by atoms with E-state index in [1.165, 1.54) is 12.1 Å². The van der Waals surface area contributed by atoms with E-state index in [9.17, 15) is 9.90 Å². The maximum Gasteiger partial charge on any atom is 0.193 e. The molecule has 0 saturated heterocycles. The Balaban J connectivity index is 1.99. The Morgan fingerprint density at radius 2 is 1.45 bits per heavy atom.